The number of halogens is 3. The molecule has 2 N–H and O–H groups in total. The van der Waals surface area contributed by atoms with Crippen LogP contribution in [-0.2, 0) is 16.2 Å². The second kappa shape index (κ2) is 11.9. The Kier molecular flexibility index (Phi) is 8.44. The lowest BCUT2D eigenvalue weighted by Crippen LogP contribution is -2.24. The molecule has 0 aromatic heterocycles. The Labute approximate surface area is 222 Å². The Morgan fingerprint density at radius 3 is 2.44 bits per heavy atom. The van der Waals surface area contributed by atoms with Crippen LogP contribution in [0, 0.1) is 0 Å². The maximum absolute atomic E-state index is 12.3. The Balaban J connectivity index is 1.44. The van der Waals surface area contributed by atoms with Gasteiger partial charge in [0.25, 0.3) is 0 Å². The number of hydrogen-bond donors (Lipinski definition) is 2. The lowest BCUT2D eigenvalue weighted by molar-refractivity contribution is -0.126. The van der Waals surface area contributed by atoms with Crippen LogP contribution in [0.5, 0.6) is 5.75 Å². The highest BCUT2D eigenvalue weighted by molar-refractivity contribution is 6.44. The molecule has 4 aromatic rings. The predicted octanol–water partition coefficient (Wildman–Crippen LogP) is 6.86. The number of anilines is 1. The molecule has 4 rings (SSSR count). The fourth-order valence-corrected chi connectivity index (χ4v) is 3.90. The van der Waals surface area contributed by atoms with E-state index in [1.807, 2.05) is 48.5 Å². The highest BCUT2D eigenvalue weighted by Crippen LogP contribution is 2.30. The van der Waals surface area contributed by atoms with Crippen molar-refractivity contribution >= 4 is 69.3 Å². The molecule has 9 heteroatoms. The third-order valence-corrected chi connectivity index (χ3v) is 6.24. The predicted molar refractivity (Wildman–Crippen MR) is 145 cm³/mol. The first-order valence-electron chi connectivity index (χ1n) is 10.9. The maximum Gasteiger partial charge on any atom is 0.249 e. The molecule has 0 atom stereocenters. The number of amides is 2. The van der Waals surface area contributed by atoms with Crippen molar-refractivity contribution < 1.29 is 14.3 Å². The normalized spacial score (nSPS) is 11.0. The van der Waals surface area contributed by atoms with Gasteiger partial charge in [0.1, 0.15) is 18.8 Å². The molecule has 6 nitrogen and oxygen atoms in total. The van der Waals surface area contributed by atoms with E-state index in [1.54, 1.807) is 30.3 Å². The van der Waals surface area contributed by atoms with E-state index in [9.17, 15) is 9.59 Å². The third-order valence-electron chi connectivity index (χ3n) is 5.17. The first-order chi connectivity index (χ1) is 17.4. The lowest BCUT2D eigenvalue weighted by atomic mass is 10.0. The summed E-state index contributed by atoms with van der Waals surface area (Å²) in [6.45, 7) is 0.328. The Morgan fingerprint density at radius 1 is 0.861 bits per heavy atom. The zero-order chi connectivity index (χ0) is 25.5. The van der Waals surface area contributed by atoms with Crippen molar-refractivity contribution in [3.8, 4) is 5.75 Å². The molecule has 0 radical (unpaired) electrons. The SMILES string of the molecule is O=C(CC(=O)Nc1cccc(Cl)c1Cl)NN=Cc1c(OCc2ccc(Cl)cc2)ccc2ccccc12. The molecule has 0 aliphatic carbocycles. The Bertz CT molecular complexity index is 1440. The fraction of sp³-hybridized carbons (Fsp3) is 0.0741. The second-order valence-electron chi connectivity index (χ2n) is 7.73. The van der Waals surface area contributed by atoms with Crippen LogP contribution < -0.4 is 15.5 Å². The van der Waals surface area contributed by atoms with Gasteiger partial charge in [-0.05, 0) is 46.7 Å². The molecule has 0 spiro atoms. The molecular formula is C27H20Cl3N3O3. The number of carbonyl (C=O) groups is 2. The third kappa shape index (κ3) is 6.55. The lowest BCUT2D eigenvalue weighted by Gasteiger charge is -2.12. The van der Waals surface area contributed by atoms with Gasteiger partial charge >= 0.3 is 0 Å². The first kappa shape index (κ1) is 25.5. The van der Waals surface area contributed by atoms with E-state index in [0.29, 0.717) is 33.7 Å². The Hall–Kier alpha value is -3.58. The summed E-state index contributed by atoms with van der Waals surface area (Å²) < 4.78 is 6.05. The summed E-state index contributed by atoms with van der Waals surface area (Å²) in [4.78, 5) is 24.5. The average molecular weight is 541 g/mol. The van der Waals surface area contributed by atoms with Crippen LogP contribution in [0.2, 0.25) is 15.1 Å². The maximum atomic E-state index is 12.3. The Morgan fingerprint density at radius 2 is 1.64 bits per heavy atom. The van der Waals surface area contributed by atoms with Crippen molar-refractivity contribution in [2.45, 2.75) is 13.0 Å². The monoisotopic (exact) mass is 539 g/mol. The molecule has 0 heterocycles. The number of carbonyl (C=O) groups excluding carboxylic acids is 2. The van der Waals surface area contributed by atoms with Gasteiger partial charge in [0.15, 0.2) is 0 Å². The van der Waals surface area contributed by atoms with Gasteiger partial charge in [0.2, 0.25) is 11.8 Å². The fourth-order valence-electron chi connectivity index (χ4n) is 3.43. The van der Waals surface area contributed by atoms with Gasteiger partial charge in [-0.2, -0.15) is 5.10 Å². The summed E-state index contributed by atoms with van der Waals surface area (Å²) in [7, 11) is 0. The van der Waals surface area contributed by atoms with Crippen molar-refractivity contribution in [1.82, 2.24) is 5.43 Å². The van der Waals surface area contributed by atoms with E-state index in [1.165, 1.54) is 6.21 Å². The molecule has 4 aromatic carbocycles. The smallest absolute Gasteiger partial charge is 0.249 e. The molecule has 0 aliphatic rings. The summed E-state index contributed by atoms with van der Waals surface area (Å²) in [6.07, 6.45) is 1.05. The van der Waals surface area contributed by atoms with Gasteiger partial charge in [0, 0.05) is 10.6 Å². The van der Waals surface area contributed by atoms with Gasteiger partial charge in [-0.3, -0.25) is 9.59 Å². The van der Waals surface area contributed by atoms with Gasteiger partial charge in [-0.15, -0.1) is 0 Å². The molecule has 0 aliphatic heterocycles. The highest BCUT2D eigenvalue weighted by atomic mass is 35.5. The quantitative estimate of drug-likeness (QED) is 0.146. The van der Waals surface area contributed by atoms with E-state index in [2.05, 4.69) is 15.8 Å². The van der Waals surface area contributed by atoms with Crippen LogP contribution in [0.15, 0.2) is 84.0 Å². The molecule has 36 heavy (non-hydrogen) atoms. The molecule has 2 amide bonds. The summed E-state index contributed by atoms with van der Waals surface area (Å²) in [5.74, 6) is -0.551. The van der Waals surface area contributed by atoms with E-state index in [-0.39, 0.29) is 5.02 Å². The number of fused-ring (bicyclic) bond motifs is 1. The van der Waals surface area contributed by atoms with Crippen LogP contribution in [0.1, 0.15) is 17.5 Å². The number of hydrogen-bond acceptors (Lipinski definition) is 4. The molecule has 0 bridgehead atoms. The van der Waals surface area contributed by atoms with Crippen molar-refractivity contribution in [1.29, 1.82) is 0 Å². The summed E-state index contributed by atoms with van der Waals surface area (Å²) >= 11 is 18.0. The zero-order valence-electron chi connectivity index (χ0n) is 18.8. The largest absolute Gasteiger partial charge is 0.488 e. The summed E-state index contributed by atoms with van der Waals surface area (Å²) in [5, 5.41) is 9.66. The molecule has 182 valence electrons. The summed E-state index contributed by atoms with van der Waals surface area (Å²) in [6, 6.07) is 23.8. The molecule has 0 saturated carbocycles. The van der Waals surface area contributed by atoms with Crippen LogP contribution in [-0.4, -0.2) is 18.0 Å². The van der Waals surface area contributed by atoms with E-state index in [4.69, 9.17) is 39.5 Å². The second-order valence-corrected chi connectivity index (χ2v) is 8.95. The van der Waals surface area contributed by atoms with E-state index in [0.717, 1.165) is 16.3 Å². The highest BCUT2D eigenvalue weighted by Gasteiger charge is 2.13. The van der Waals surface area contributed by atoms with Gasteiger partial charge in [-0.1, -0.05) is 83.3 Å². The van der Waals surface area contributed by atoms with E-state index >= 15 is 0 Å². The molecule has 0 unspecified atom stereocenters. The van der Waals surface area contributed by atoms with Crippen LogP contribution in [0.25, 0.3) is 10.8 Å². The first-order valence-corrected chi connectivity index (χ1v) is 12.0. The minimum absolute atomic E-state index is 0.202. The van der Waals surface area contributed by atoms with Gasteiger partial charge in [0.05, 0.1) is 21.9 Å². The van der Waals surface area contributed by atoms with Crippen LogP contribution >= 0.6 is 34.8 Å². The number of benzene rings is 4. The van der Waals surface area contributed by atoms with Crippen molar-refractivity contribution in [3.63, 3.8) is 0 Å². The average Bonchev–Trinajstić information content (AvgIpc) is 2.87. The number of ether oxygens (including phenoxy) is 1. The topological polar surface area (TPSA) is 79.8 Å². The minimum Gasteiger partial charge on any atom is -0.488 e. The minimum atomic E-state index is -0.592. The zero-order valence-corrected chi connectivity index (χ0v) is 21.1. The molecular weight excluding hydrogens is 521 g/mol. The summed E-state index contributed by atoms with van der Waals surface area (Å²) in [5.41, 5.74) is 4.35. The number of hydrazone groups is 1. The van der Waals surface area contributed by atoms with Gasteiger partial charge in [-0.25, -0.2) is 5.43 Å². The van der Waals surface area contributed by atoms with Crippen LogP contribution in [0.4, 0.5) is 5.69 Å². The molecule has 0 saturated heterocycles. The molecule has 0 fully saturated rings. The number of nitrogens with zero attached hydrogens (tertiary/aromatic N) is 1. The van der Waals surface area contributed by atoms with Crippen LogP contribution in [0.3, 0.4) is 0 Å². The van der Waals surface area contributed by atoms with Crippen molar-refractivity contribution in [2.24, 2.45) is 5.10 Å². The number of nitrogens with one attached hydrogen (secondary N) is 2. The standard InChI is InChI=1S/C27H20Cl3N3O3/c28-19-11-8-17(9-12-19)16-36-24-13-10-18-4-1-2-5-20(18)21(24)15-31-33-26(35)14-25(34)32-23-7-3-6-22(29)27(23)30/h1-13,15H,14,16H2,(H,32,34)(H,33,35). The number of rotatable bonds is 8. The van der Waals surface area contributed by atoms with Crippen molar-refractivity contribution in [2.75, 3.05) is 5.32 Å². The van der Waals surface area contributed by atoms with Crippen molar-refractivity contribution in [3.05, 3.63) is 105 Å². The van der Waals surface area contributed by atoms with E-state index < -0.39 is 18.2 Å². The van der Waals surface area contributed by atoms with Gasteiger partial charge < -0.3 is 10.1 Å².